The monoisotopic (exact) mass is 323 g/mol. The van der Waals surface area contributed by atoms with Crippen LogP contribution in [0.5, 0.6) is 0 Å². The van der Waals surface area contributed by atoms with Crippen molar-refractivity contribution in [2.24, 2.45) is 5.92 Å². The Kier molecular flexibility index (Phi) is 4.76. The highest BCUT2D eigenvalue weighted by Gasteiger charge is 2.31. The molecule has 0 aliphatic heterocycles. The smallest absolute Gasteiger partial charge is 0.254 e. The van der Waals surface area contributed by atoms with Gasteiger partial charge in [-0.2, -0.15) is 0 Å². The molecule has 2 aromatic rings. The maximum atomic E-state index is 12.7. The number of nitrogens with zero attached hydrogens (tertiary/aromatic N) is 1. The van der Waals surface area contributed by atoms with Crippen molar-refractivity contribution < 1.29 is 14.7 Å². The van der Waals surface area contributed by atoms with E-state index in [1.165, 1.54) is 4.90 Å². The molecule has 0 radical (unpaired) electrons. The van der Waals surface area contributed by atoms with Crippen molar-refractivity contribution in [3.05, 3.63) is 71.3 Å². The molecule has 0 aromatic heterocycles. The molecule has 3 rings (SSSR count). The lowest BCUT2D eigenvalue weighted by atomic mass is 9.97. The van der Waals surface area contributed by atoms with E-state index < -0.39 is 6.10 Å². The van der Waals surface area contributed by atoms with Gasteiger partial charge in [-0.15, -0.1) is 0 Å². The van der Waals surface area contributed by atoms with Crippen LogP contribution in [0.1, 0.15) is 39.1 Å². The summed E-state index contributed by atoms with van der Waals surface area (Å²) in [4.78, 5) is 27.0. The molecule has 124 valence electrons. The largest absolute Gasteiger partial charge is 0.391 e. The Morgan fingerprint density at radius 3 is 2.25 bits per heavy atom. The second-order valence-corrected chi connectivity index (χ2v) is 6.33. The fraction of sp³-hybridized carbons (Fsp3) is 0.300. The average molecular weight is 323 g/mol. The van der Waals surface area contributed by atoms with Crippen molar-refractivity contribution in [2.45, 2.75) is 18.9 Å². The molecule has 24 heavy (non-hydrogen) atoms. The summed E-state index contributed by atoms with van der Waals surface area (Å²) in [6.07, 6.45) is 1.55. The van der Waals surface area contributed by atoms with E-state index in [0.717, 1.165) is 12.8 Å². The number of aliphatic hydroxyl groups is 1. The van der Waals surface area contributed by atoms with Crippen molar-refractivity contribution in [3.8, 4) is 0 Å². The molecule has 1 atom stereocenters. The molecule has 2 aromatic carbocycles. The lowest BCUT2D eigenvalue weighted by molar-refractivity contribution is 0.0643. The third kappa shape index (κ3) is 3.54. The number of carbonyl (C=O) groups excluding carboxylic acids is 2. The summed E-state index contributed by atoms with van der Waals surface area (Å²) in [5.74, 6) is -0.105. The third-order valence-corrected chi connectivity index (χ3v) is 4.41. The zero-order valence-corrected chi connectivity index (χ0v) is 13.7. The van der Waals surface area contributed by atoms with Gasteiger partial charge in [0.2, 0.25) is 0 Å². The number of hydrogen-bond donors (Lipinski definition) is 1. The van der Waals surface area contributed by atoms with Gasteiger partial charge < -0.3 is 10.0 Å². The van der Waals surface area contributed by atoms with Crippen molar-refractivity contribution in [1.82, 2.24) is 4.90 Å². The van der Waals surface area contributed by atoms with Crippen molar-refractivity contribution in [2.75, 3.05) is 13.6 Å². The Morgan fingerprint density at radius 1 is 1.04 bits per heavy atom. The number of rotatable bonds is 6. The van der Waals surface area contributed by atoms with E-state index in [2.05, 4.69) is 0 Å². The predicted octanol–water partition coefficient (Wildman–Crippen LogP) is 2.76. The highest BCUT2D eigenvalue weighted by Crippen LogP contribution is 2.32. The summed E-state index contributed by atoms with van der Waals surface area (Å²) >= 11 is 0. The average Bonchev–Trinajstić information content (AvgIpc) is 3.46. The highest BCUT2D eigenvalue weighted by molar-refractivity contribution is 6.15. The van der Waals surface area contributed by atoms with Crippen molar-refractivity contribution in [1.29, 1.82) is 0 Å². The molecule has 4 nitrogen and oxygen atoms in total. The van der Waals surface area contributed by atoms with Gasteiger partial charge in [-0.25, -0.2) is 0 Å². The SMILES string of the molecule is CN(CC(O)C1CC1)C(=O)c1ccccc1C(=O)c1ccccc1. The zero-order valence-electron chi connectivity index (χ0n) is 13.7. The second kappa shape index (κ2) is 6.97. The normalized spacial score (nSPS) is 14.9. The lowest BCUT2D eigenvalue weighted by Gasteiger charge is -2.21. The van der Waals surface area contributed by atoms with Crippen LogP contribution in [-0.2, 0) is 0 Å². The Hall–Kier alpha value is -2.46. The fourth-order valence-electron chi connectivity index (χ4n) is 2.81. The van der Waals surface area contributed by atoms with Crippen LogP contribution < -0.4 is 0 Å². The number of ketones is 1. The number of benzene rings is 2. The van der Waals surface area contributed by atoms with Crippen LogP contribution in [0.3, 0.4) is 0 Å². The Balaban J connectivity index is 1.83. The van der Waals surface area contributed by atoms with Crippen LogP contribution in [0.25, 0.3) is 0 Å². The molecule has 0 spiro atoms. The van der Waals surface area contributed by atoms with E-state index in [4.69, 9.17) is 0 Å². The van der Waals surface area contributed by atoms with E-state index in [0.29, 0.717) is 22.6 Å². The predicted molar refractivity (Wildman–Crippen MR) is 92.0 cm³/mol. The number of aliphatic hydroxyl groups excluding tert-OH is 1. The summed E-state index contributed by atoms with van der Waals surface area (Å²) < 4.78 is 0. The minimum Gasteiger partial charge on any atom is -0.391 e. The lowest BCUT2D eigenvalue weighted by Crippen LogP contribution is -2.36. The van der Waals surface area contributed by atoms with Crippen LogP contribution in [0.2, 0.25) is 0 Å². The topological polar surface area (TPSA) is 57.6 Å². The summed E-state index contributed by atoms with van der Waals surface area (Å²) in [6.45, 7) is 0.289. The molecule has 0 saturated heterocycles. The number of carbonyl (C=O) groups is 2. The molecule has 0 bridgehead atoms. The minimum atomic E-state index is -0.490. The van der Waals surface area contributed by atoms with Gasteiger partial charge in [0, 0.05) is 24.7 Å². The van der Waals surface area contributed by atoms with Crippen LogP contribution in [-0.4, -0.2) is 41.4 Å². The Morgan fingerprint density at radius 2 is 1.62 bits per heavy atom. The van der Waals surface area contributed by atoms with Gasteiger partial charge in [-0.05, 0) is 24.8 Å². The molecule has 4 heteroatoms. The molecule has 1 fully saturated rings. The van der Waals surface area contributed by atoms with Gasteiger partial charge in [-0.1, -0.05) is 48.5 Å². The number of likely N-dealkylation sites (N-methyl/N-ethyl adjacent to an activating group) is 1. The summed E-state index contributed by atoms with van der Waals surface area (Å²) in [5, 5.41) is 10.1. The van der Waals surface area contributed by atoms with E-state index in [-0.39, 0.29) is 18.2 Å². The van der Waals surface area contributed by atoms with E-state index in [1.807, 2.05) is 6.07 Å². The summed E-state index contributed by atoms with van der Waals surface area (Å²) in [6, 6.07) is 15.8. The van der Waals surface area contributed by atoms with Crippen molar-refractivity contribution >= 4 is 11.7 Å². The quantitative estimate of drug-likeness (QED) is 0.832. The first kappa shape index (κ1) is 16.4. The Labute approximate surface area is 141 Å². The van der Waals surface area contributed by atoms with Gasteiger partial charge >= 0.3 is 0 Å². The van der Waals surface area contributed by atoms with Gasteiger partial charge in [0.05, 0.1) is 11.7 Å². The molecule has 1 aliphatic carbocycles. The number of amides is 1. The van der Waals surface area contributed by atoms with E-state index in [1.54, 1.807) is 55.6 Å². The molecule has 0 heterocycles. The maximum absolute atomic E-state index is 12.7. The first-order valence-electron chi connectivity index (χ1n) is 8.20. The summed E-state index contributed by atoms with van der Waals surface area (Å²) in [7, 11) is 1.66. The zero-order chi connectivity index (χ0) is 17.1. The first-order chi connectivity index (χ1) is 11.6. The molecule has 1 N–H and O–H groups in total. The van der Waals surface area contributed by atoms with Gasteiger partial charge in [0.15, 0.2) is 5.78 Å². The molecular formula is C20H21NO3. The van der Waals surface area contributed by atoms with Crippen LogP contribution in [0, 0.1) is 5.92 Å². The van der Waals surface area contributed by atoms with Gasteiger partial charge in [0.25, 0.3) is 5.91 Å². The molecule has 1 saturated carbocycles. The van der Waals surface area contributed by atoms with Gasteiger partial charge in [0.1, 0.15) is 0 Å². The van der Waals surface area contributed by atoms with Gasteiger partial charge in [-0.3, -0.25) is 9.59 Å². The standard InChI is InChI=1S/C20H21NO3/c1-21(13-18(22)14-11-12-14)20(24)17-10-6-5-9-16(17)19(23)15-7-3-2-4-8-15/h2-10,14,18,22H,11-13H2,1H3. The summed E-state index contributed by atoms with van der Waals surface area (Å²) in [5.41, 5.74) is 1.32. The number of hydrogen-bond acceptors (Lipinski definition) is 3. The third-order valence-electron chi connectivity index (χ3n) is 4.41. The molecular weight excluding hydrogens is 302 g/mol. The molecule has 1 amide bonds. The highest BCUT2D eigenvalue weighted by atomic mass is 16.3. The fourth-order valence-corrected chi connectivity index (χ4v) is 2.81. The minimum absolute atomic E-state index is 0.171. The van der Waals surface area contributed by atoms with Crippen molar-refractivity contribution in [3.63, 3.8) is 0 Å². The van der Waals surface area contributed by atoms with Crippen LogP contribution >= 0.6 is 0 Å². The van der Waals surface area contributed by atoms with Crippen LogP contribution in [0.15, 0.2) is 54.6 Å². The molecule has 1 aliphatic rings. The second-order valence-electron chi connectivity index (χ2n) is 6.33. The first-order valence-corrected chi connectivity index (χ1v) is 8.20. The Bertz CT molecular complexity index is 738. The van der Waals surface area contributed by atoms with Crippen LogP contribution in [0.4, 0.5) is 0 Å². The van der Waals surface area contributed by atoms with E-state index in [9.17, 15) is 14.7 Å². The maximum Gasteiger partial charge on any atom is 0.254 e. The molecule has 1 unspecified atom stereocenters. The van der Waals surface area contributed by atoms with E-state index >= 15 is 0 Å².